The average molecular weight is 517 g/mol. The van der Waals surface area contributed by atoms with Gasteiger partial charge >= 0.3 is 0 Å². The fourth-order valence-electron chi connectivity index (χ4n) is 4.38. The number of hydrogen-bond acceptors (Lipinski definition) is 3. The van der Waals surface area contributed by atoms with Crippen LogP contribution in [0.15, 0.2) is 53.0 Å². The van der Waals surface area contributed by atoms with Crippen LogP contribution >= 0.6 is 27.5 Å². The molecular weight excluding hydrogens is 490 g/mol. The Bertz CT molecular complexity index is 1100. The van der Waals surface area contributed by atoms with Gasteiger partial charge < -0.3 is 10.4 Å². The van der Waals surface area contributed by atoms with E-state index in [4.69, 9.17) is 16.6 Å². The Morgan fingerprint density at radius 1 is 1.19 bits per heavy atom. The number of nitrogens with one attached hydrogen (secondary N) is 1. The van der Waals surface area contributed by atoms with Crippen LogP contribution in [0.2, 0.25) is 5.02 Å². The molecule has 7 heteroatoms. The van der Waals surface area contributed by atoms with Crippen LogP contribution in [0.1, 0.15) is 44.0 Å². The molecule has 2 N–H and O–H groups in total. The first-order chi connectivity index (χ1) is 15.5. The van der Waals surface area contributed by atoms with E-state index >= 15 is 0 Å². The number of amides is 1. The molecule has 168 valence electrons. The maximum Gasteiger partial charge on any atom is 0.226 e. The first-order valence-corrected chi connectivity index (χ1v) is 12.2. The van der Waals surface area contributed by atoms with Gasteiger partial charge in [0, 0.05) is 21.4 Å². The summed E-state index contributed by atoms with van der Waals surface area (Å²) in [5.74, 6) is 0.604. The molecule has 0 saturated heterocycles. The van der Waals surface area contributed by atoms with Gasteiger partial charge in [0.2, 0.25) is 5.91 Å². The number of carbonyl (C=O) groups excluding carboxylic acids is 1. The Labute approximate surface area is 202 Å². The van der Waals surface area contributed by atoms with Gasteiger partial charge in [-0.1, -0.05) is 59.4 Å². The summed E-state index contributed by atoms with van der Waals surface area (Å²) < 4.78 is 3.08. The molecule has 4 rings (SSSR count). The quantitative estimate of drug-likeness (QED) is 0.456. The molecule has 0 spiro atoms. The molecule has 1 aliphatic carbocycles. The minimum atomic E-state index is -0.475. The fraction of sp³-hybridized carbons (Fsp3) is 0.360. The highest BCUT2D eigenvalue weighted by molar-refractivity contribution is 9.10. The van der Waals surface area contributed by atoms with Gasteiger partial charge in [0.1, 0.15) is 5.82 Å². The van der Waals surface area contributed by atoms with E-state index in [0.29, 0.717) is 11.4 Å². The van der Waals surface area contributed by atoms with Crippen molar-refractivity contribution in [3.8, 4) is 17.1 Å². The zero-order chi connectivity index (χ0) is 22.7. The van der Waals surface area contributed by atoms with Crippen molar-refractivity contribution in [2.24, 2.45) is 0 Å². The summed E-state index contributed by atoms with van der Waals surface area (Å²) in [5.41, 5.74) is 3.48. The molecule has 32 heavy (non-hydrogen) atoms. The number of aromatic nitrogens is 2. The molecule has 1 aliphatic rings. The largest absolute Gasteiger partial charge is 0.391 e. The summed E-state index contributed by atoms with van der Waals surface area (Å²) >= 11 is 10.0. The van der Waals surface area contributed by atoms with E-state index in [1.165, 1.54) is 0 Å². The van der Waals surface area contributed by atoms with Crippen molar-refractivity contribution in [3.63, 3.8) is 0 Å². The average Bonchev–Trinajstić information content (AvgIpc) is 3.14. The second-order valence-electron chi connectivity index (χ2n) is 8.18. The lowest BCUT2D eigenvalue weighted by Gasteiger charge is -2.28. The molecule has 3 aromatic rings. The Balaban J connectivity index is 1.73. The van der Waals surface area contributed by atoms with Crippen LogP contribution in [0.4, 0.5) is 0 Å². The number of hydrogen-bond donors (Lipinski definition) is 2. The Morgan fingerprint density at radius 3 is 2.59 bits per heavy atom. The van der Waals surface area contributed by atoms with E-state index in [9.17, 15) is 9.90 Å². The summed E-state index contributed by atoms with van der Waals surface area (Å²) in [6.07, 6.45) is 3.97. The van der Waals surface area contributed by atoms with E-state index < -0.39 is 6.10 Å². The van der Waals surface area contributed by atoms with E-state index in [0.717, 1.165) is 58.6 Å². The van der Waals surface area contributed by atoms with Gasteiger partial charge in [-0.3, -0.25) is 9.36 Å². The number of aliphatic hydroxyl groups excluding tert-OH is 1. The number of nitrogens with zero attached hydrogens (tertiary/aromatic N) is 2. The molecule has 1 fully saturated rings. The molecule has 0 unspecified atom stereocenters. The maximum absolute atomic E-state index is 12.9. The van der Waals surface area contributed by atoms with Gasteiger partial charge in [0.05, 0.1) is 29.3 Å². The van der Waals surface area contributed by atoms with E-state index in [2.05, 4.69) is 32.7 Å². The first kappa shape index (κ1) is 23.0. The van der Waals surface area contributed by atoms with Crippen LogP contribution in [-0.2, 0) is 17.6 Å². The second-order valence-corrected chi connectivity index (χ2v) is 9.50. The van der Waals surface area contributed by atoms with E-state index in [1.807, 2.05) is 48.5 Å². The van der Waals surface area contributed by atoms with Gasteiger partial charge in [-0.05, 0) is 55.7 Å². The molecule has 1 heterocycles. The number of halogens is 2. The van der Waals surface area contributed by atoms with Gasteiger partial charge in [0.25, 0.3) is 0 Å². The number of carbonyl (C=O) groups is 1. The molecule has 1 amide bonds. The minimum absolute atomic E-state index is 0.114. The van der Waals surface area contributed by atoms with E-state index in [1.54, 1.807) is 0 Å². The molecule has 2 aromatic carbocycles. The topological polar surface area (TPSA) is 67.2 Å². The standard InChI is InChI=1S/C25H27BrClN3O2/c1-2-22-21(15-24(32)28-20-9-5-6-10-23(20)31)29-25(18-7-3-4-8-19(18)27)30(22)17-13-11-16(26)12-14-17/h3-4,7-8,11-14,20,23,31H,2,5-6,9-10,15H2,1H3,(H,28,32)/t20-,23-/m1/s1. The highest BCUT2D eigenvalue weighted by Gasteiger charge is 2.26. The first-order valence-electron chi connectivity index (χ1n) is 11.1. The minimum Gasteiger partial charge on any atom is -0.391 e. The summed E-state index contributed by atoms with van der Waals surface area (Å²) in [4.78, 5) is 17.8. The van der Waals surface area contributed by atoms with Crippen LogP contribution in [0.3, 0.4) is 0 Å². The number of imidazole rings is 1. The zero-order valence-electron chi connectivity index (χ0n) is 18.0. The molecule has 5 nitrogen and oxygen atoms in total. The zero-order valence-corrected chi connectivity index (χ0v) is 20.4. The van der Waals surface area contributed by atoms with Crippen LogP contribution in [-0.4, -0.2) is 32.7 Å². The van der Waals surface area contributed by atoms with Crippen molar-refractivity contribution in [3.05, 3.63) is 69.4 Å². The van der Waals surface area contributed by atoms with Crippen LogP contribution < -0.4 is 5.32 Å². The van der Waals surface area contributed by atoms with Gasteiger partial charge in [0.15, 0.2) is 0 Å². The van der Waals surface area contributed by atoms with Crippen LogP contribution in [0.5, 0.6) is 0 Å². The molecule has 0 radical (unpaired) electrons. The molecule has 1 aromatic heterocycles. The Hall–Kier alpha value is -2.15. The normalized spacial score (nSPS) is 18.5. The molecular formula is C25H27BrClN3O2. The third-order valence-electron chi connectivity index (χ3n) is 5.99. The maximum atomic E-state index is 12.9. The summed E-state index contributed by atoms with van der Waals surface area (Å²) in [5, 5.41) is 13.9. The van der Waals surface area contributed by atoms with Crippen molar-refractivity contribution < 1.29 is 9.90 Å². The predicted octanol–water partition coefficient (Wildman–Crippen LogP) is 5.48. The summed E-state index contributed by atoms with van der Waals surface area (Å²) in [6.45, 7) is 2.06. The second kappa shape index (κ2) is 10.2. The van der Waals surface area contributed by atoms with Gasteiger partial charge in [-0.2, -0.15) is 0 Å². The Kier molecular flexibility index (Phi) is 7.33. The number of aliphatic hydroxyl groups is 1. The smallest absolute Gasteiger partial charge is 0.226 e. The van der Waals surface area contributed by atoms with Crippen molar-refractivity contribution in [2.75, 3.05) is 0 Å². The molecule has 0 bridgehead atoms. The lowest BCUT2D eigenvalue weighted by molar-refractivity contribution is -0.122. The highest BCUT2D eigenvalue weighted by atomic mass is 79.9. The SMILES string of the molecule is CCc1c(CC(=O)N[C@@H]2CCCC[C@H]2O)nc(-c2ccccc2Cl)n1-c1ccc(Br)cc1. The Morgan fingerprint density at radius 2 is 1.91 bits per heavy atom. The van der Waals surface area contributed by atoms with E-state index in [-0.39, 0.29) is 18.4 Å². The summed E-state index contributed by atoms with van der Waals surface area (Å²) in [6, 6.07) is 15.5. The van der Waals surface area contributed by atoms with Crippen LogP contribution in [0.25, 0.3) is 17.1 Å². The number of benzene rings is 2. The summed E-state index contributed by atoms with van der Waals surface area (Å²) in [7, 11) is 0. The van der Waals surface area contributed by atoms with Crippen molar-refractivity contribution >= 4 is 33.4 Å². The highest BCUT2D eigenvalue weighted by Crippen LogP contribution is 2.32. The fourth-order valence-corrected chi connectivity index (χ4v) is 4.87. The number of rotatable bonds is 6. The van der Waals surface area contributed by atoms with Crippen molar-refractivity contribution in [1.29, 1.82) is 0 Å². The molecule has 1 saturated carbocycles. The lowest BCUT2D eigenvalue weighted by Crippen LogP contribution is -2.45. The third kappa shape index (κ3) is 4.92. The third-order valence-corrected chi connectivity index (χ3v) is 6.85. The van der Waals surface area contributed by atoms with Crippen molar-refractivity contribution in [2.45, 2.75) is 57.6 Å². The monoisotopic (exact) mass is 515 g/mol. The predicted molar refractivity (Wildman–Crippen MR) is 131 cm³/mol. The van der Waals surface area contributed by atoms with Gasteiger partial charge in [-0.15, -0.1) is 0 Å². The molecule has 2 atom stereocenters. The van der Waals surface area contributed by atoms with Gasteiger partial charge in [-0.25, -0.2) is 4.98 Å². The van der Waals surface area contributed by atoms with Crippen LogP contribution in [0, 0.1) is 0 Å². The lowest BCUT2D eigenvalue weighted by atomic mass is 9.92. The van der Waals surface area contributed by atoms with Crippen molar-refractivity contribution in [1.82, 2.24) is 14.9 Å². The molecule has 0 aliphatic heterocycles.